The van der Waals surface area contributed by atoms with E-state index in [0.29, 0.717) is 17.3 Å². The third-order valence-electron chi connectivity index (χ3n) is 2.48. The van der Waals surface area contributed by atoms with Crippen molar-refractivity contribution in [2.45, 2.75) is 13.2 Å². The zero-order valence-electron chi connectivity index (χ0n) is 9.70. The van der Waals surface area contributed by atoms with Gasteiger partial charge in [0.1, 0.15) is 18.2 Å². The van der Waals surface area contributed by atoms with Crippen molar-refractivity contribution < 1.29 is 9.13 Å². The number of nitrogens with two attached hydrogens (primary N) is 1. The Kier molecular flexibility index (Phi) is 4.18. The number of para-hydroxylation sites is 1. The molecule has 2 nitrogen and oxygen atoms in total. The van der Waals surface area contributed by atoms with Crippen LogP contribution in [0.25, 0.3) is 0 Å². The van der Waals surface area contributed by atoms with Crippen LogP contribution >= 0.6 is 11.6 Å². The van der Waals surface area contributed by atoms with Crippen LogP contribution in [0.1, 0.15) is 11.1 Å². The van der Waals surface area contributed by atoms with Crippen LogP contribution in [-0.2, 0) is 13.2 Å². The van der Waals surface area contributed by atoms with Crippen molar-refractivity contribution in [3.05, 3.63) is 64.4 Å². The fourth-order valence-electron chi connectivity index (χ4n) is 1.64. The second-order valence-corrected chi connectivity index (χ2v) is 4.30. The van der Waals surface area contributed by atoms with Crippen LogP contribution in [-0.4, -0.2) is 0 Å². The fraction of sp³-hybridized carbons (Fsp3) is 0.143. The zero-order valence-corrected chi connectivity index (χ0v) is 10.5. The summed E-state index contributed by atoms with van der Waals surface area (Å²) in [6.45, 7) is 0.561. The molecule has 0 aliphatic carbocycles. The summed E-state index contributed by atoms with van der Waals surface area (Å²) >= 11 is 5.96. The summed E-state index contributed by atoms with van der Waals surface area (Å²) in [7, 11) is 0. The highest BCUT2D eigenvalue weighted by molar-refractivity contribution is 6.32. The Labute approximate surface area is 110 Å². The van der Waals surface area contributed by atoms with Crippen LogP contribution in [0.2, 0.25) is 5.02 Å². The summed E-state index contributed by atoms with van der Waals surface area (Å²) in [4.78, 5) is 0. The van der Waals surface area contributed by atoms with Gasteiger partial charge in [-0.2, -0.15) is 0 Å². The van der Waals surface area contributed by atoms with Gasteiger partial charge >= 0.3 is 0 Å². The molecule has 0 aromatic heterocycles. The van der Waals surface area contributed by atoms with Gasteiger partial charge in [0.05, 0.1) is 5.02 Å². The third-order valence-corrected chi connectivity index (χ3v) is 2.80. The van der Waals surface area contributed by atoms with Gasteiger partial charge in [0.2, 0.25) is 0 Å². The zero-order chi connectivity index (χ0) is 13.0. The summed E-state index contributed by atoms with van der Waals surface area (Å²) in [6, 6.07) is 11.8. The lowest BCUT2D eigenvalue weighted by atomic mass is 10.1. The van der Waals surface area contributed by atoms with Gasteiger partial charge in [0.25, 0.3) is 0 Å². The first kappa shape index (κ1) is 12.9. The molecule has 0 saturated carbocycles. The van der Waals surface area contributed by atoms with Gasteiger partial charge in [-0.05, 0) is 35.4 Å². The smallest absolute Gasteiger partial charge is 0.138 e. The second kappa shape index (κ2) is 5.85. The normalized spacial score (nSPS) is 10.4. The average Bonchev–Trinajstić information content (AvgIpc) is 2.37. The SMILES string of the molecule is NCc1cc(F)cc(COc2ccccc2Cl)c1. The molecule has 2 rings (SSSR count). The predicted octanol–water partition coefficient (Wildman–Crippen LogP) is 3.52. The number of halogens is 2. The molecule has 0 spiro atoms. The molecule has 0 amide bonds. The van der Waals surface area contributed by atoms with Crippen LogP contribution in [0.15, 0.2) is 42.5 Å². The highest BCUT2D eigenvalue weighted by Crippen LogP contribution is 2.24. The fourth-order valence-corrected chi connectivity index (χ4v) is 1.83. The van der Waals surface area contributed by atoms with E-state index < -0.39 is 0 Å². The monoisotopic (exact) mass is 265 g/mol. The molecular weight excluding hydrogens is 253 g/mol. The first-order valence-corrected chi connectivity index (χ1v) is 5.92. The molecule has 18 heavy (non-hydrogen) atoms. The molecule has 2 aromatic rings. The van der Waals surface area contributed by atoms with Gasteiger partial charge in [-0.25, -0.2) is 4.39 Å². The van der Waals surface area contributed by atoms with Gasteiger partial charge in [-0.1, -0.05) is 29.8 Å². The van der Waals surface area contributed by atoms with E-state index in [1.807, 2.05) is 18.2 Å². The van der Waals surface area contributed by atoms with Crippen molar-refractivity contribution in [3.63, 3.8) is 0 Å². The van der Waals surface area contributed by atoms with Crippen LogP contribution in [0.4, 0.5) is 4.39 Å². The third kappa shape index (κ3) is 3.22. The number of rotatable bonds is 4. The lowest BCUT2D eigenvalue weighted by Gasteiger charge is -2.09. The van der Waals surface area contributed by atoms with Crippen molar-refractivity contribution in [1.82, 2.24) is 0 Å². The van der Waals surface area contributed by atoms with E-state index in [0.717, 1.165) is 11.1 Å². The van der Waals surface area contributed by atoms with Crippen LogP contribution in [0.5, 0.6) is 5.75 Å². The van der Waals surface area contributed by atoms with Crippen molar-refractivity contribution >= 4 is 11.6 Å². The summed E-state index contributed by atoms with van der Waals surface area (Å²) < 4.78 is 18.8. The molecule has 2 aromatic carbocycles. The first-order valence-electron chi connectivity index (χ1n) is 5.55. The molecule has 0 saturated heterocycles. The van der Waals surface area contributed by atoms with E-state index in [4.69, 9.17) is 22.1 Å². The topological polar surface area (TPSA) is 35.2 Å². The molecule has 0 bridgehead atoms. The molecule has 0 radical (unpaired) electrons. The largest absolute Gasteiger partial charge is 0.487 e. The molecule has 4 heteroatoms. The Balaban J connectivity index is 2.11. The van der Waals surface area contributed by atoms with Crippen molar-refractivity contribution in [3.8, 4) is 5.75 Å². The van der Waals surface area contributed by atoms with Gasteiger partial charge in [0, 0.05) is 6.54 Å². The lowest BCUT2D eigenvalue weighted by Crippen LogP contribution is -2.01. The molecule has 0 fully saturated rings. The number of hydrogen-bond donors (Lipinski definition) is 1. The number of hydrogen-bond acceptors (Lipinski definition) is 2. The molecule has 0 aliphatic rings. The number of ether oxygens (including phenoxy) is 1. The molecule has 0 atom stereocenters. The van der Waals surface area contributed by atoms with E-state index in [1.165, 1.54) is 12.1 Å². The van der Waals surface area contributed by atoms with Crippen LogP contribution < -0.4 is 10.5 Å². The molecule has 0 unspecified atom stereocenters. The minimum atomic E-state index is -0.310. The van der Waals surface area contributed by atoms with Gasteiger partial charge in [0.15, 0.2) is 0 Å². The quantitative estimate of drug-likeness (QED) is 0.918. The van der Waals surface area contributed by atoms with Crippen molar-refractivity contribution in [2.24, 2.45) is 5.73 Å². The van der Waals surface area contributed by atoms with E-state index in [1.54, 1.807) is 12.1 Å². The molecule has 94 valence electrons. The average molecular weight is 266 g/mol. The Bertz CT molecular complexity index is 545. The number of benzene rings is 2. The lowest BCUT2D eigenvalue weighted by molar-refractivity contribution is 0.305. The molecule has 0 heterocycles. The predicted molar refractivity (Wildman–Crippen MR) is 70.1 cm³/mol. The maximum atomic E-state index is 13.3. The van der Waals surface area contributed by atoms with Gasteiger partial charge in [-0.15, -0.1) is 0 Å². The Hall–Kier alpha value is -1.58. The highest BCUT2D eigenvalue weighted by atomic mass is 35.5. The summed E-state index contributed by atoms with van der Waals surface area (Å²) in [5.74, 6) is 0.272. The van der Waals surface area contributed by atoms with E-state index in [2.05, 4.69) is 0 Å². The van der Waals surface area contributed by atoms with Gasteiger partial charge in [-0.3, -0.25) is 0 Å². The summed E-state index contributed by atoms with van der Waals surface area (Å²) in [5, 5.41) is 0.535. The van der Waals surface area contributed by atoms with Gasteiger partial charge < -0.3 is 10.5 Å². The summed E-state index contributed by atoms with van der Waals surface area (Å²) in [5.41, 5.74) is 6.97. The van der Waals surface area contributed by atoms with Crippen molar-refractivity contribution in [2.75, 3.05) is 0 Å². The van der Waals surface area contributed by atoms with E-state index in [-0.39, 0.29) is 12.4 Å². The Morgan fingerprint density at radius 1 is 1.11 bits per heavy atom. The molecule has 2 N–H and O–H groups in total. The second-order valence-electron chi connectivity index (χ2n) is 3.89. The van der Waals surface area contributed by atoms with Crippen LogP contribution in [0.3, 0.4) is 0 Å². The minimum absolute atomic E-state index is 0.258. The Morgan fingerprint density at radius 2 is 1.83 bits per heavy atom. The first-order chi connectivity index (χ1) is 8.69. The maximum Gasteiger partial charge on any atom is 0.138 e. The maximum absolute atomic E-state index is 13.3. The Morgan fingerprint density at radius 3 is 2.56 bits per heavy atom. The molecular formula is C14H13ClFNO. The molecule has 0 aliphatic heterocycles. The van der Waals surface area contributed by atoms with E-state index >= 15 is 0 Å². The minimum Gasteiger partial charge on any atom is -0.487 e. The summed E-state index contributed by atoms with van der Waals surface area (Å²) in [6.07, 6.45) is 0. The van der Waals surface area contributed by atoms with E-state index in [9.17, 15) is 4.39 Å². The van der Waals surface area contributed by atoms with Crippen LogP contribution in [0, 0.1) is 5.82 Å². The standard InChI is InChI=1S/C14H13ClFNO/c15-13-3-1-2-4-14(13)18-9-11-5-10(8-17)6-12(16)7-11/h1-7H,8-9,17H2. The van der Waals surface area contributed by atoms with Crippen molar-refractivity contribution in [1.29, 1.82) is 0 Å². The highest BCUT2D eigenvalue weighted by Gasteiger charge is 2.03.